The molecule has 16 heavy (non-hydrogen) atoms. The quantitative estimate of drug-likeness (QED) is 0.848. The summed E-state index contributed by atoms with van der Waals surface area (Å²) >= 11 is 0. The number of nitrogens with zero attached hydrogens (tertiary/aromatic N) is 2. The van der Waals surface area contributed by atoms with Gasteiger partial charge < -0.3 is 10.3 Å². The summed E-state index contributed by atoms with van der Waals surface area (Å²) < 4.78 is 1.11. The van der Waals surface area contributed by atoms with Crippen molar-refractivity contribution < 1.29 is 43.0 Å². The number of aliphatic hydroxyl groups excluding tert-OH is 1. The molecule has 0 aliphatic heterocycles. The number of rotatable bonds is 3. The van der Waals surface area contributed by atoms with Gasteiger partial charge in [-0.2, -0.15) is 4.73 Å². The van der Waals surface area contributed by atoms with Gasteiger partial charge >= 0.3 is 0 Å². The third-order valence-corrected chi connectivity index (χ3v) is 2.42. The summed E-state index contributed by atoms with van der Waals surface area (Å²) in [5.41, 5.74) is 2.20. The fourth-order valence-electron chi connectivity index (χ4n) is 1.64. The number of imidazole rings is 1. The molecule has 1 heterocycles. The average molecular weight is 295 g/mol. The van der Waals surface area contributed by atoms with Crippen molar-refractivity contribution in [1.29, 1.82) is 0 Å². The van der Waals surface area contributed by atoms with Crippen LogP contribution in [0.15, 0.2) is 18.2 Å². The van der Waals surface area contributed by atoms with E-state index in [0.717, 1.165) is 28.7 Å². The molecule has 83 valence electrons. The van der Waals surface area contributed by atoms with E-state index in [1.54, 1.807) is 6.07 Å². The predicted octanol–water partition coefficient (Wildman–Crippen LogP) is 1.72. The molecule has 5 heteroatoms. The van der Waals surface area contributed by atoms with Gasteiger partial charge in [0.2, 0.25) is 0 Å². The number of fused-ring (bicyclic) bond motifs is 1. The molecule has 0 saturated heterocycles. The number of aliphatic hydroxyl groups is 1. The van der Waals surface area contributed by atoms with Crippen LogP contribution in [0.4, 0.5) is 0 Å². The van der Waals surface area contributed by atoms with E-state index in [-0.39, 0.29) is 39.3 Å². The number of hydrogen-bond acceptors (Lipinski definition) is 3. The van der Waals surface area contributed by atoms with Gasteiger partial charge in [-0.3, -0.25) is 0 Å². The van der Waals surface area contributed by atoms with Gasteiger partial charge in [0.05, 0.1) is 12.1 Å². The van der Waals surface area contributed by atoms with Gasteiger partial charge in [0.1, 0.15) is 11.3 Å². The molecule has 0 bridgehead atoms. The molecule has 1 aromatic heterocycles. The molecule has 2 aromatic rings. The zero-order valence-electron chi connectivity index (χ0n) is 9.22. The first kappa shape index (κ1) is 13.6. The molecule has 0 unspecified atom stereocenters. The minimum Gasteiger partial charge on any atom is -0.427 e. The Balaban J connectivity index is 0.00000128. The number of aryl methyl sites for hydroxylation is 1. The maximum Gasteiger partial charge on any atom is 0.145 e. The Kier molecular flexibility index (Phi) is 4.90. The van der Waals surface area contributed by atoms with Gasteiger partial charge in [-0.25, -0.2) is 4.98 Å². The summed E-state index contributed by atoms with van der Waals surface area (Å²) in [6.07, 6.45) is 1.69. The van der Waals surface area contributed by atoms with Crippen molar-refractivity contribution in [2.75, 3.05) is 0 Å². The van der Waals surface area contributed by atoms with E-state index in [1.807, 2.05) is 19.1 Å². The van der Waals surface area contributed by atoms with Gasteiger partial charge in [0, 0.05) is 39.1 Å². The standard InChI is InChI=1S/C11H14N2O2.Y/c1-2-3-11-12-9-5-4-8(7-14)6-10(9)13(11)15;/h4-6,14-15H,2-3,7H2,1H3;. The van der Waals surface area contributed by atoms with E-state index in [0.29, 0.717) is 11.3 Å². The Labute approximate surface area is 119 Å². The average Bonchev–Trinajstić information content (AvgIpc) is 2.56. The first-order valence-corrected chi connectivity index (χ1v) is 5.06. The van der Waals surface area contributed by atoms with Gasteiger partial charge in [0.15, 0.2) is 0 Å². The fourth-order valence-corrected chi connectivity index (χ4v) is 1.64. The van der Waals surface area contributed by atoms with Crippen LogP contribution in [0.3, 0.4) is 0 Å². The van der Waals surface area contributed by atoms with Crippen LogP contribution < -0.4 is 0 Å². The Morgan fingerprint density at radius 3 is 2.75 bits per heavy atom. The van der Waals surface area contributed by atoms with E-state index >= 15 is 0 Å². The SMILES string of the molecule is CCCc1nc2ccc(CO)cc2n1O.[Y]. The molecule has 0 spiro atoms. The van der Waals surface area contributed by atoms with Crippen LogP contribution in [0.2, 0.25) is 0 Å². The van der Waals surface area contributed by atoms with E-state index in [4.69, 9.17) is 5.11 Å². The number of hydrogen-bond donors (Lipinski definition) is 2. The number of benzene rings is 1. The van der Waals surface area contributed by atoms with E-state index in [2.05, 4.69) is 4.98 Å². The predicted molar refractivity (Wildman–Crippen MR) is 56.8 cm³/mol. The third kappa shape index (κ3) is 2.45. The Hall–Kier alpha value is -0.446. The second-order valence-corrected chi connectivity index (χ2v) is 3.57. The monoisotopic (exact) mass is 295 g/mol. The molecule has 2 rings (SSSR count). The van der Waals surface area contributed by atoms with Crippen LogP contribution in [0.1, 0.15) is 24.7 Å². The normalized spacial score (nSPS) is 10.4. The third-order valence-electron chi connectivity index (χ3n) is 2.42. The zero-order chi connectivity index (χ0) is 10.8. The summed E-state index contributed by atoms with van der Waals surface area (Å²) in [7, 11) is 0. The molecule has 0 amide bonds. The molecule has 1 radical (unpaired) electrons. The van der Waals surface area contributed by atoms with Gasteiger partial charge in [-0.1, -0.05) is 13.0 Å². The smallest absolute Gasteiger partial charge is 0.145 e. The van der Waals surface area contributed by atoms with Crippen LogP contribution in [0, 0.1) is 0 Å². The molecule has 1 aromatic carbocycles. The first-order chi connectivity index (χ1) is 7.26. The fraction of sp³-hybridized carbons (Fsp3) is 0.364. The van der Waals surface area contributed by atoms with Crippen LogP contribution in [0.5, 0.6) is 0 Å². The summed E-state index contributed by atoms with van der Waals surface area (Å²) in [5.74, 6) is 0.669. The van der Waals surface area contributed by atoms with E-state index < -0.39 is 0 Å². The summed E-state index contributed by atoms with van der Waals surface area (Å²) in [6.45, 7) is 2.02. The topological polar surface area (TPSA) is 58.3 Å². The molecule has 0 aliphatic rings. The van der Waals surface area contributed by atoms with Gasteiger partial charge in [-0.05, 0) is 24.1 Å². The Bertz CT molecular complexity index is 482. The summed E-state index contributed by atoms with van der Waals surface area (Å²) in [6, 6.07) is 5.37. The largest absolute Gasteiger partial charge is 0.427 e. The van der Waals surface area contributed by atoms with Crippen LogP contribution >= 0.6 is 0 Å². The molecule has 0 aliphatic carbocycles. The van der Waals surface area contributed by atoms with Crippen molar-refractivity contribution in [3.8, 4) is 0 Å². The van der Waals surface area contributed by atoms with Crippen molar-refractivity contribution in [2.24, 2.45) is 0 Å². The first-order valence-electron chi connectivity index (χ1n) is 5.06. The van der Waals surface area contributed by atoms with Crippen LogP contribution in [0.25, 0.3) is 11.0 Å². The molecule has 0 saturated carbocycles. The van der Waals surface area contributed by atoms with Crippen molar-refractivity contribution in [2.45, 2.75) is 26.4 Å². The van der Waals surface area contributed by atoms with Crippen molar-refractivity contribution >= 4 is 11.0 Å². The van der Waals surface area contributed by atoms with Gasteiger partial charge in [0.25, 0.3) is 0 Å². The molecular weight excluding hydrogens is 281 g/mol. The maximum atomic E-state index is 9.81. The van der Waals surface area contributed by atoms with Crippen LogP contribution in [-0.2, 0) is 45.7 Å². The summed E-state index contributed by atoms with van der Waals surface area (Å²) in [5, 5.41) is 18.8. The molecule has 4 nitrogen and oxygen atoms in total. The van der Waals surface area contributed by atoms with Crippen molar-refractivity contribution in [1.82, 2.24) is 9.71 Å². The molecule has 2 N–H and O–H groups in total. The number of aromatic nitrogens is 2. The van der Waals surface area contributed by atoms with Crippen molar-refractivity contribution in [3.63, 3.8) is 0 Å². The molecular formula is C11H14N2O2Y. The Morgan fingerprint density at radius 1 is 1.38 bits per heavy atom. The second kappa shape index (κ2) is 5.76. The zero-order valence-corrected chi connectivity index (χ0v) is 12.1. The molecule has 0 atom stereocenters. The van der Waals surface area contributed by atoms with E-state index in [1.165, 1.54) is 0 Å². The molecule has 0 fully saturated rings. The maximum absolute atomic E-state index is 9.81. The van der Waals surface area contributed by atoms with E-state index in [9.17, 15) is 5.21 Å². The van der Waals surface area contributed by atoms with Crippen molar-refractivity contribution in [3.05, 3.63) is 29.6 Å². The van der Waals surface area contributed by atoms with Gasteiger partial charge in [-0.15, -0.1) is 0 Å². The summed E-state index contributed by atoms with van der Waals surface area (Å²) in [4.78, 5) is 4.31. The second-order valence-electron chi connectivity index (χ2n) is 3.57. The Morgan fingerprint density at radius 2 is 2.12 bits per heavy atom. The minimum absolute atomic E-state index is 0. The van der Waals surface area contributed by atoms with Crippen LogP contribution in [-0.4, -0.2) is 20.0 Å². The minimum atomic E-state index is -0.0236.